The first kappa shape index (κ1) is 22.7. The lowest BCUT2D eigenvalue weighted by atomic mass is 9.91. The number of nitrogens with zero attached hydrogens (tertiary/aromatic N) is 1. The molecular formula is C24H22I2N2O2. The molecule has 0 heterocycles. The largest absolute Gasteiger partial charge is 0.489 e. The Labute approximate surface area is 204 Å². The van der Waals surface area contributed by atoms with Crippen LogP contribution in [-0.4, -0.2) is 18.2 Å². The first-order valence-corrected chi connectivity index (χ1v) is 11.7. The van der Waals surface area contributed by atoms with Crippen molar-refractivity contribution < 1.29 is 9.53 Å². The van der Waals surface area contributed by atoms with Crippen LogP contribution in [0.4, 0.5) is 0 Å². The number of rotatable bonds is 7. The van der Waals surface area contributed by atoms with Crippen molar-refractivity contribution in [2.45, 2.75) is 25.9 Å². The van der Waals surface area contributed by atoms with E-state index in [2.05, 4.69) is 55.7 Å². The van der Waals surface area contributed by atoms with Crippen molar-refractivity contribution in [3.63, 3.8) is 0 Å². The second-order valence-corrected chi connectivity index (χ2v) is 9.29. The Bertz CT molecular complexity index is 959. The molecule has 1 amide bonds. The Morgan fingerprint density at radius 1 is 0.933 bits per heavy atom. The molecule has 0 radical (unpaired) electrons. The minimum Gasteiger partial charge on any atom is -0.489 e. The first-order valence-electron chi connectivity index (χ1n) is 9.54. The summed E-state index contributed by atoms with van der Waals surface area (Å²) < 4.78 is 7.89. The maximum absolute atomic E-state index is 13.0. The smallest absolute Gasteiger partial charge is 0.252 e. The summed E-state index contributed by atoms with van der Waals surface area (Å²) in [5.41, 5.74) is 5.46. The monoisotopic (exact) mass is 624 g/mol. The Kier molecular flexibility index (Phi) is 8.26. The van der Waals surface area contributed by atoms with Gasteiger partial charge in [-0.3, -0.25) is 4.79 Å². The lowest BCUT2D eigenvalue weighted by Crippen LogP contribution is -2.26. The number of carbonyl (C=O) groups is 1. The number of benzene rings is 3. The van der Waals surface area contributed by atoms with Gasteiger partial charge in [-0.2, -0.15) is 5.10 Å². The molecule has 0 bridgehead atoms. The number of amides is 1. The van der Waals surface area contributed by atoms with E-state index in [1.807, 2.05) is 86.6 Å². The number of hydrogen-bond acceptors (Lipinski definition) is 3. The van der Waals surface area contributed by atoms with Crippen LogP contribution >= 0.6 is 45.2 Å². The van der Waals surface area contributed by atoms with Gasteiger partial charge >= 0.3 is 0 Å². The van der Waals surface area contributed by atoms with E-state index >= 15 is 0 Å². The van der Waals surface area contributed by atoms with Crippen molar-refractivity contribution in [1.82, 2.24) is 5.43 Å². The fourth-order valence-electron chi connectivity index (χ4n) is 3.02. The summed E-state index contributed by atoms with van der Waals surface area (Å²) >= 11 is 4.51. The number of carbonyl (C=O) groups excluding carboxylic acids is 1. The van der Waals surface area contributed by atoms with Crippen LogP contribution in [0.2, 0.25) is 0 Å². The molecule has 3 aromatic carbocycles. The highest BCUT2D eigenvalue weighted by molar-refractivity contribution is 14.1. The maximum Gasteiger partial charge on any atom is 0.252 e. The predicted octanol–water partition coefficient (Wildman–Crippen LogP) is 5.97. The molecule has 154 valence electrons. The molecule has 30 heavy (non-hydrogen) atoms. The number of ether oxygens (including phenoxy) is 1. The van der Waals surface area contributed by atoms with Gasteiger partial charge in [-0.05, 0) is 87.9 Å². The summed E-state index contributed by atoms with van der Waals surface area (Å²) in [6.45, 7) is 4.01. The SMILES string of the molecule is CC(C)Oc1c(I)cc(/C=N/NC(=O)C(c2ccccc2)c2ccccc2)cc1I. The summed E-state index contributed by atoms with van der Waals surface area (Å²) in [4.78, 5) is 13.0. The zero-order chi connectivity index (χ0) is 21.5. The van der Waals surface area contributed by atoms with Crippen LogP contribution in [0.5, 0.6) is 5.75 Å². The van der Waals surface area contributed by atoms with Crippen LogP contribution in [0.25, 0.3) is 0 Å². The van der Waals surface area contributed by atoms with Crippen LogP contribution in [0.15, 0.2) is 77.9 Å². The lowest BCUT2D eigenvalue weighted by molar-refractivity contribution is -0.121. The summed E-state index contributed by atoms with van der Waals surface area (Å²) in [5.74, 6) is 0.278. The van der Waals surface area contributed by atoms with Crippen molar-refractivity contribution in [3.05, 3.63) is 96.6 Å². The van der Waals surface area contributed by atoms with E-state index in [0.29, 0.717) is 0 Å². The van der Waals surface area contributed by atoms with Gasteiger partial charge in [0, 0.05) is 0 Å². The van der Waals surface area contributed by atoms with Crippen LogP contribution in [0.1, 0.15) is 36.5 Å². The van der Waals surface area contributed by atoms with E-state index in [4.69, 9.17) is 4.74 Å². The zero-order valence-electron chi connectivity index (χ0n) is 16.7. The Morgan fingerprint density at radius 3 is 1.90 bits per heavy atom. The fraction of sp³-hybridized carbons (Fsp3) is 0.167. The fourth-order valence-corrected chi connectivity index (χ4v) is 5.09. The minimum atomic E-state index is -0.424. The molecule has 0 atom stereocenters. The number of nitrogens with one attached hydrogen (secondary N) is 1. The van der Waals surface area contributed by atoms with Crippen molar-refractivity contribution in [2.75, 3.05) is 0 Å². The highest BCUT2D eigenvalue weighted by atomic mass is 127. The average Bonchev–Trinajstić information content (AvgIpc) is 2.72. The van der Waals surface area contributed by atoms with E-state index in [1.54, 1.807) is 6.21 Å². The molecule has 0 spiro atoms. The van der Waals surface area contributed by atoms with E-state index in [9.17, 15) is 4.79 Å². The van der Waals surface area contributed by atoms with Gasteiger partial charge in [0.1, 0.15) is 5.75 Å². The molecule has 3 aromatic rings. The highest BCUT2D eigenvalue weighted by Crippen LogP contribution is 2.29. The van der Waals surface area contributed by atoms with E-state index in [-0.39, 0.29) is 12.0 Å². The van der Waals surface area contributed by atoms with E-state index < -0.39 is 5.92 Å². The van der Waals surface area contributed by atoms with Gasteiger partial charge in [0.25, 0.3) is 5.91 Å². The molecule has 3 rings (SSSR count). The Hall–Kier alpha value is -1.94. The quantitative estimate of drug-likeness (QED) is 0.200. The predicted molar refractivity (Wildman–Crippen MR) is 138 cm³/mol. The molecule has 0 aromatic heterocycles. The Balaban J connectivity index is 1.78. The van der Waals surface area contributed by atoms with E-state index in [0.717, 1.165) is 29.6 Å². The van der Waals surface area contributed by atoms with E-state index in [1.165, 1.54) is 0 Å². The van der Waals surface area contributed by atoms with Gasteiger partial charge in [0.15, 0.2) is 0 Å². The van der Waals surface area contributed by atoms with Gasteiger partial charge < -0.3 is 4.74 Å². The molecule has 4 nitrogen and oxygen atoms in total. The highest BCUT2D eigenvalue weighted by Gasteiger charge is 2.22. The van der Waals surface area contributed by atoms with Gasteiger partial charge in [-0.25, -0.2) is 5.43 Å². The van der Waals surface area contributed by atoms with Crippen LogP contribution < -0.4 is 10.2 Å². The second-order valence-electron chi connectivity index (χ2n) is 6.97. The summed E-state index contributed by atoms with van der Waals surface area (Å²) in [7, 11) is 0. The van der Waals surface area contributed by atoms with Crippen molar-refractivity contribution >= 4 is 57.3 Å². The molecule has 6 heteroatoms. The van der Waals surface area contributed by atoms with Crippen LogP contribution in [0, 0.1) is 7.14 Å². The normalized spacial score (nSPS) is 11.3. The van der Waals surface area contributed by atoms with Gasteiger partial charge in [0.05, 0.1) is 25.4 Å². The van der Waals surface area contributed by atoms with Crippen molar-refractivity contribution in [2.24, 2.45) is 5.10 Å². The molecule has 0 aliphatic heterocycles. The maximum atomic E-state index is 13.0. The third-order valence-corrected chi connectivity index (χ3v) is 5.89. The van der Waals surface area contributed by atoms with Crippen molar-refractivity contribution in [3.8, 4) is 5.75 Å². The first-order chi connectivity index (χ1) is 14.5. The number of hydrogen-bond donors (Lipinski definition) is 1. The topological polar surface area (TPSA) is 50.7 Å². The average molecular weight is 624 g/mol. The molecule has 0 aliphatic carbocycles. The standard InChI is InChI=1S/C24H22I2N2O2/c1-16(2)30-23-20(25)13-17(14-21(23)26)15-27-28-24(29)22(18-9-5-3-6-10-18)19-11-7-4-8-12-19/h3-16,22H,1-2H3,(H,28,29)/b27-15+. The summed E-state index contributed by atoms with van der Waals surface area (Å²) in [5, 5.41) is 4.21. The van der Waals surface area contributed by atoms with Gasteiger partial charge in [0.2, 0.25) is 0 Å². The minimum absolute atomic E-state index is 0.110. The number of halogens is 2. The number of hydrazone groups is 1. The zero-order valence-corrected chi connectivity index (χ0v) is 21.0. The van der Waals surface area contributed by atoms with Gasteiger partial charge in [-0.15, -0.1) is 0 Å². The molecule has 0 unspecified atom stereocenters. The third-order valence-electron chi connectivity index (χ3n) is 4.29. The lowest BCUT2D eigenvalue weighted by Gasteiger charge is -2.16. The van der Waals surface area contributed by atoms with Crippen LogP contribution in [0.3, 0.4) is 0 Å². The third kappa shape index (κ3) is 6.04. The molecule has 0 fully saturated rings. The molecule has 0 saturated heterocycles. The molecule has 0 saturated carbocycles. The Morgan fingerprint density at radius 2 is 1.43 bits per heavy atom. The summed E-state index contributed by atoms with van der Waals surface area (Å²) in [6, 6.07) is 23.4. The van der Waals surface area contributed by atoms with Gasteiger partial charge in [-0.1, -0.05) is 60.7 Å². The second kappa shape index (κ2) is 10.9. The summed E-state index contributed by atoms with van der Waals surface area (Å²) in [6.07, 6.45) is 1.77. The molecule has 0 aliphatic rings. The molecular weight excluding hydrogens is 602 g/mol. The van der Waals surface area contributed by atoms with Crippen molar-refractivity contribution in [1.29, 1.82) is 0 Å². The van der Waals surface area contributed by atoms with Crippen LogP contribution in [-0.2, 0) is 4.79 Å². The molecule has 1 N–H and O–H groups in total.